The largest absolute Gasteiger partial charge is 0.573 e. The molecule has 0 aliphatic heterocycles. The number of rotatable bonds is 2. The first-order chi connectivity index (χ1) is 10.1. The summed E-state index contributed by atoms with van der Waals surface area (Å²) in [6, 6.07) is 7.16. The van der Waals surface area contributed by atoms with Gasteiger partial charge in [-0.25, -0.2) is 0 Å². The van der Waals surface area contributed by atoms with Gasteiger partial charge in [-0.3, -0.25) is 0 Å². The van der Waals surface area contributed by atoms with E-state index < -0.39 is 35.2 Å². The maximum absolute atomic E-state index is 13.0. The lowest BCUT2D eigenvalue weighted by Gasteiger charge is -2.15. The molecule has 0 heterocycles. The molecule has 1 N–H and O–H groups in total. The Morgan fingerprint density at radius 2 is 1.50 bits per heavy atom. The van der Waals surface area contributed by atoms with Crippen LogP contribution in [0.5, 0.6) is 11.5 Å². The van der Waals surface area contributed by atoms with Crippen LogP contribution in [0.4, 0.5) is 26.3 Å². The van der Waals surface area contributed by atoms with E-state index >= 15 is 0 Å². The summed E-state index contributed by atoms with van der Waals surface area (Å²) >= 11 is 0. The highest BCUT2D eigenvalue weighted by atomic mass is 19.4. The molecule has 2 nitrogen and oxygen atoms in total. The molecule has 0 aliphatic rings. The maximum atomic E-state index is 13.0. The van der Waals surface area contributed by atoms with Gasteiger partial charge in [-0.2, -0.15) is 13.2 Å². The van der Waals surface area contributed by atoms with Gasteiger partial charge in [0.05, 0.1) is 0 Å². The Morgan fingerprint density at radius 1 is 0.864 bits per heavy atom. The van der Waals surface area contributed by atoms with Gasteiger partial charge in [0.25, 0.3) is 0 Å². The first-order valence-corrected chi connectivity index (χ1v) is 5.83. The van der Waals surface area contributed by atoms with Crippen molar-refractivity contribution < 1.29 is 36.2 Å². The lowest BCUT2D eigenvalue weighted by Crippen LogP contribution is -2.17. The molecule has 22 heavy (non-hydrogen) atoms. The van der Waals surface area contributed by atoms with Crippen LogP contribution in [0.2, 0.25) is 0 Å². The Balaban J connectivity index is 2.54. The summed E-state index contributed by atoms with van der Waals surface area (Å²) in [6.45, 7) is 0. The van der Waals surface area contributed by atoms with E-state index in [0.29, 0.717) is 0 Å². The molecule has 0 fully saturated rings. The average molecular weight is 322 g/mol. The quantitative estimate of drug-likeness (QED) is 0.791. The second-order valence-electron chi connectivity index (χ2n) is 4.27. The highest BCUT2D eigenvalue weighted by Crippen LogP contribution is 2.42. The second-order valence-corrected chi connectivity index (χ2v) is 4.27. The van der Waals surface area contributed by atoms with Crippen LogP contribution < -0.4 is 4.74 Å². The van der Waals surface area contributed by atoms with Crippen molar-refractivity contribution >= 4 is 0 Å². The van der Waals surface area contributed by atoms with Gasteiger partial charge >= 0.3 is 12.5 Å². The standard InChI is InChI=1S/C14H8F6O2/c15-13(16,17)12-10(5-2-6-11(12)21)8-3-1-4-9(7-8)22-14(18,19)20/h1-7,21H. The van der Waals surface area contributed by atoms with E-state index in [-0.39, 0.29) is 5.56 Å². The summed E-state index contributed by atoms with van der Waals surface area (Å²) in [5.74, 6) is -1.66. The zero-order valence-corrected chi connectivity index (χ0v) is 10.7. The Hall–Kier alpha value is -2.38. The summed E-state index contributed by atoms with van der Waals surface area (Å²) in [5.41, 5.74) is -1.93. The van der Waals surface area contributed by atoms with Gasteiger partial charge in [0.15, 0.2) is 0 Å². The third-order valence-electron chi connectivity index (χ3n) is 2.70. The molecule has 0 atom stereocenters. The van der Waals surface area contributed by atoms with Crippen molar-refractivity contribution in [1.82, 2.24) is 0 Å². The molecule has 118 valence electrons. The van der Waals surface area contributed by atoms with Crippen molar-refractivity contribution in [2.75, 3.05) is 0 Å². The molecule has 8 heteroatoms. The van der Waals surface area contributed by atoms with Crippen LogP contribution in [0.3, 0.4) is 0 Å². The molecule has 0 aromatic heterocycles. The van der Waals surface area contributed by atoms with Crippen LogP contribution >= 0.6 is 0 Å². The highest BCUT2D eigenvalue weighted by Gasteiger charge is 2.37. The Bertz CT molecular complexity index is 676. The number of aromatic hydroxyl groups is 1. The van der Waals surface area contributed by atoms with Crippen molar-refractivity contribution in [2.45, 2.75) is 12.5 Å². The molecule has 0 amide bonds. The fourth-order valence-corrected chi connectivity index (χ4v) is 1.94. The molecule has 2 aromatic rings. The maximum Gasteiger partial charge on any atom is 0.573 e. The first-order valence-electron chi connectivity index (χ1n) is 5.83. The number of phenolic OH excluding ortho intramolecular Hbond substituents is 1. The van der Waals surface area contributed by atoms with E-state index in [1.54, 1.807) is 0 Å². The predicted molar refractivity (Wildman–Crippen MR) is 65.2 cm³/mol. The van der Waals surface area contributed by atoms with E-state index in [1.807, 2.05) is 0 Å². The van der Waals surface area contributed by atoms with E-state index in [0.717, 1.165) is 36.4 Å². The van der Waals surface area contributed by atoms with Crippen molar-refractivity contribution in [3.8, 4) is 22.6 Å². The third-order valence-corrected chi connectivity index (χ3v) is 2.70. The predicted octanol–water partition coefficient (Wildman–Crippen LogP) is 4.98. The van der Waals surface area contributed by atoms with E-state index in [2.05, 4.69) is 4.74 Å². The minimum absolute atomic E-state index is 0.162. The summed E-state index contributed by atoms with van der Waals surface area (Å²) < 4.78 is 79.2. The molecule has 2 rings (SSSR count). The van der Waals surface area contributed by atoms with Crippen LogP contribution in [0.25, 0.3) is 11.1 Å². The van der Waals surface area contributed by atoms with E-state index in [1.165, 1.54) is 6.07 Å². The summed E-state index contributed by atoms with van der Waals surface area (Å²) in [5, 5.41) is 9.41. The smallest absolute Gasteiger partial charge is 0.507 e. The monoisotopic (exact) mass is 322 g/mol. The number of halogens is 6. The molecule has 0 saturated heterocycles. The molecule has 2 aromatic carbocycles. The third kappa shape index (κ3) is 3.63. The average Bonchev–Trinajstić information content (AvgIpc) is 2.35. The van der Waals surface area contributed by atoms with Gasteiger partial charge in [0.2, 0.25) is 0 Å². The molecule has 0 spiro atoms. The number of alkyl halides is 6. The zero-order valence-electron chi connectivity index (χ0n) is 10.7. The fourth-order valence-electron chi connectivity index (χ4n) is 1.94. The summed E-state index contributed by atoms with van der Waals surface area (Å²) in [7, 11) is 0. The van der Waals surface area contributed by atoms with Gasteiger partial charge < -0.3 is 9.84 Å². The summed E-state index contributed by atoms with van der Waals surface area (Å²) in [4.78, 5) is 0. The molecule has 0 unspecified atom stereocenters. The van der Waals surface area contributed by atoms with Gasteiger partial charge in [-0.15, -0.1) is 13.2 Å². The minimum Gasteiger partial charge on any atom is -0.507 e. The fraction of sp³-hybridized carbons (Fsp3) is 0.143. The number of hydrogen-bond acceptors (Lipinski definition) is 2. The van der Waals surface area contributed by atoms with Crippen molar-refractivity contribution in [1.29, 1.82) is 0 Å². The molecular weight excluding hydrogens is 314 g/mol. The van der Waals surface area contributed by atoms with Crippen LogP contribution in [0.15, 0.2) is 42.5 Å². The lowest BCUT2D eigenvalue weighted by atomic mass is 9.98. The van der Waals surface area contributed by atoms with E-state index in [4.69, 9.17) is 0 Å². The Labute approximate surface area is 120 Å². The van der Waals surface area contributed by atoms with Gasteiger partial charge in [0, 0.05) is 0 Å². The summed E-state index contributed by atoms with van der Waals surface area (Å²) in [6.07, 6.45) is -9.81. The Kier molecular flexibility index (Phi) is 3.95. The highest BCUT2D eigenvalue weighted by molar-refractivity contribution is 5.71. The zero-order chi connectivity index (χ0) is 16.5. The minimum atomic E-state index is -4.95. The van der Waals surface area contributed by atoms with Gasteiger partial charge in [-0.1, -0.05) is 24.3 Å². The van der Waals surface area contributed by atoms with Crippen molar-refractivity contribution in [2.24, 2.45) is 0 Å². The molecule has 0 bridgehead atoms. The normalized spacial score (nSPS) is 12.3. The van der Waals surface area contributed by atoms with Gasteiger partial charge in [-0.05, 0) is 29.3 Å². The first kappa shape index (κ1) is 16.0. The molecular formula is C14H8F6O2. The number of benzene rings is 2. The van der Waals surface area contributed by atoms with E-state index in [9.17, 15) is 31.4 Å². The molecule has 0 aliphatic carbocycles. The van der Waals surface area contributed by atoms with Crippen LogP contribution in [0.1, 0.15) is 5.56 Å². The number of hydrogen-bond donors (Lipinski definition) is 1. The van der Waals surface area contributed by atoms with Crippen LogP contribution in [-0.4, -0.2) is 11.5 Å². The topological polar surface area (TPSA) is 29.5 Å². The Morgan fingerprint density at radius 3 is 2.09 bits per heavy atom. The van der Waals surface area contributed by atoms with Crippen LogP contribution in [0, 0.1) is 0 Å². The van der Waals surface area contributed by atoms with Crippen LogP contribution in [-0.2, 0) is 6.18 Å². The molecule has 0 saturated carbocycles. The van der Waals surface area contributed by atoms with Crippen molar-refractivity contribution in [3.05, 3.63) is 48.0 Å². The SMILES string of the molecule is Oc1cccc(-c2cccc(OC(F)(F)F)c2)c1C(F)(F)F. The second kappa shape index (κ2) is 5.43. The number of ether oxygens (including phenoxy) is 1. The van der Waals surface area contributed by atoms with Gasteiger partial charge in [0.1, 0.15) is 17.1 Å². The molecule has 0 radical (unpaired) electrons. The number of phenols is 1. The van der Waals surface area contributed by atoms with Crippen molar-refractivity contribution in [3.63, 3.8) is 0 Å². The lowest BCUT2D eigenvalue weighted by molar-refractivity contribution is -0.274.